The van der Waals surface area contributed by atoms with Gasteiger partial charge in [0.15, 0.2) is 0 Å². The number of hydrogen-bond acceptors (Lipinski definition) is 2. The summed E-state index contributed by atoms with van der Waals surface area (Å²) in [4.78, 5) is 0. The topological polar surface area (TPSA) is 30.7 Å². The van der Waals surface area contributed by atoms with Gasteiger partial charge in [-0.15, -0.1) is 5.10 Å². The highest BCUT2D eigenvalue weighted by atomic mass is 79.9. The van der Waals surface area contributed by atoms with Gasteiger partial charge in [-0.3, -0.25) is 0 Å². The standard InChI is InChI=1S/C12H14BrN3/c1-9(2)10-4-3-5-12(6-10)16-8-11(7-13)14-15-16/h3-6,8-9H,7H2,1-2H3. The number of benzene rings is 1. The van der Waals surface area contributed by atoms with Gasteiger partial charge in [0.25, 0.3) is 0 Å². The zero-order chi connectivity index (χ0) is 11.5. The van der Waals surface area contributed by atoms with Crippen LogP contribution < -0.4 is 0 Å². The molecular formula is C12H14BrN3. The van der Waals surface area contributed by atoms with Crippen LogP contribution in [0.5, 0.6) is 0 Å². The molecule has 0 aliphatic carbocycles. The van der Waals surface area contributed by atoms with Gasteiger partial charge in [-0.25, -0.2) is 4.68 Å². The Labute approximate surface area is 104 Å². The van der Waals surface area contributed by atoms with Gasteiger partial charge >= 0.3 is 0 Å². The van der Waals surface area contributed by atoms with E-state index in [1.54, 1.807) is 0 Å². The van der Waals surface area contributed by atoms with Gasteiger partial charge in [0.05, 0.1) is 17.6 Å². The molecule has 0 saturated heterocycles. The van der Waals surface area contributed by atoms with Gasteiger partial charge < -0.3 is 0 Å². The molecule has 1 heterocycles. The van der Waals surface area contributed by atoms with Crippen LogP contribution in [-0.4, -0.2) is 15.0 Å². The van der Waals surface area contributed by atoms with Gasteiger partial charge in [-0.1, -0.05) is 47.1 Å². The summed E-state index contributed by atoms with van der Waals surface area (Å²) in [5.74, 6) is 0.527. The van der Waals surface area contributed by atoms with Crippen molar-refractivity contribution in [2.24, 2.45) is 0 Å². The van der Waals surface area contributed by atoms with E-state index in [-0.39, 0.29) is 0 Å². The SMILES string of the molecule is CC(C)c1cccc(-n2cc(CBr)nn2)c1. The first-order chi connectivity index (χ1) is 7.70. The molecule has 0 aliphatic rings. The lowest BCUT2D eigenvalue weighted by atomic mass is 10.0. The maximum absolute atomic E-state index is 4.09. The smallest absolute Gasteiger partial charge is 0.0937 e. The summed E-state index contributed by atoms with van der Waals surface area (Å²) in [6, 6.07) is 8.38. The Morgan fingerprint density at radius 1 is 1.38 bits per heavy atom. The number of nitrogens with zero attached hydrogens (tertiary/aromatic N) is 3. The zero-order valence-electron chi connectivity index (χ0n) is 9.39. The minimum atomic E-state index is 0.527. The third-order valence-electron chi connectivity index (χ3n) is 2.48. The van der Waals surface area contributed by atoms with E-state index in [2.05, 4.69) is 58.3 Å². The van der Waals surface area contributed by atoms with Crippen molar-refractivity contribution in [1.82, 2.24) is 15.0 Å². The highest BCUT2D eigenvalue weighted by Crippen LogP contribution is 2.17. The summed E-state index contributed by atoms with van der Waals surface area (Å²) < 4.78 is 1.81. The van der Waals surface area contributed by atoms with E-state index in [4.69, 9.17) is 0 Å². The lowest BCUT2D eigenvalue weighted by Crippen LogP contribution is -1.97. The first-order valence-corrected chi connectivity index (χ1v) is 6.40. The maximum Gasteiger partial charge on any atom is 0.0937 e. The highest BCUT2D eigenvalue weighted by molar-refractivity contribution is 9.08. The maximum atomic E-state index is 4.09. The van der Waals surface area contributed by atoms with E-state index in [1.165, 1.54) is 5.56 Å². The summed E-state index contributed by atoms with van der Waals surface area (Å²) in [7, 11) is 0. The monoisotopic (exact) mass is 279 g/mol. The average molecular weight is 280 g/mol. The largest absolute Gasteiger partial charge is 0.220 e. The lowest BCUT2D eigenvalue weighted by Gasteiger charge is -2.07. The molecule has 0 N–H and O–H groups in total. The first kappa shape index (κ1) is 11.3. The molecule has 16 heavy (non-hydrogen) atoms. The molecule has 84 valence electrons. The van der Waals surface area contributed by atoms with Crippen LogP contribution in [0.4, 0.5) is 0 Å². The van der Waals surface area contributed by atoms with E-state index in [0.29, 0.717) is 5.92 Å². The summed E-state index contributed by atoms with van der Waals surface area (Å²) >= 11 is 3.37. The molecule has 0 fully saturated rings. The van der Waals surface area contributed by atoms with Crippen LogP contribution in [0.15, 0.2) is 30.5 Å². The molecule has 0 atom stereocenters. The molecule has 4 heteroatoms. The normalized spacial score (nSPS) is 11.0. The fraction of sp³-hybridized carbons (Fsp3) is 0.333. The van der Waals surface area contributed by atoms with Gasteiger partial charge in [-0.05, 0) is 23.6 Å². The fourth-order valence-electron chi connectivity index (χ4n) is 1.51. The van der Waals surface area contributed by atoms with Gasteiger partial charge in [0.2, 0.25) is 0 Å². The van der Waals surface area contributed by atoms with Crippen LogP contribution in [0, 0.1) is 0 Å². The molecular weight excluding hydrogens is 266 g/mol. The van der Waals surface area contributed by atoms with Crippen LogP contribution in [-0.2, 0) is 5.33 Å². The second-order valence-electron chi connectivity index (χ2n) is 4.04. The molecule has 2 rings (SSSR count). The Balaban J connectivity index is 2.36. The molecule has 2 aromatic rings. The van der Waals surface area contributed by atoms with Crippen molar-refractivity contribution in [3.05, 3.63) is 41.7 Å². The van der Waals surface area contributed by atoms with E-state index in [9.17, 15) is 0 Å². The van der Waals surface area contributed by atoms with Crippen LogP contribution >= 0.6 is 15.9 Å². The molecule has 0 unspecified atom stereocenters. The average Bonchev–Trinajstić information content (AvgIpc) is 2.77. The third-order valence-corrected chi connectivity index (χ3v) is 3.05. The summed E-state index contributed by atoms with van der Waals surface area (Å²) in [5.41, 5.74) is 3.31. The summed E-state index contributed by atoms with van der Waals surface area (Å²) in [6.07, 6.45) is 1.94. The Morgan fingerprint density at radius 2 is 2.19 bits per heavy atom. The van der Waals surface area contributed by atoms with Crippen LogP contribution in [0.25, 0.3) is 5.69 Å². The van der Waals surface area contributed by atoms with Crippen molar-refractivity contribution < 1.29 is 0 Å². The molecule has 3 nitrogen and oxygen atoms in total. The molecule has 1 aromatic heterocycles. The number of hydrogen-bond donors (Lipinski definition) is 0. The quantitative estimate of drug-likeness (QED) is 0.808. The van der Waals surface area contributed by atoms with E-state index in [0.717, 1.165) is 16.7 Å². The summed E-state index contributed by atoms with van der Waals surface area (Å²) in [5, 5.41) is 8.88. The van der Waals surface area contributed by atoms with Crippen LogP contribution in [0.1, 0.15) is 31.0 Å². The van der Waals surface area contributed by atoms with Gasteiger partial charge in [-0.2, -0.15) is 0 Å². The molecule has 0 aliphatic heterocycles. The van der Waals surface area contributed by atoms with Crippen LogP contribution in [0.2, 0.25) is 0 Å². The highest BCUT2D eigenvalue weighted by Gasteiger charge is 2.04. The number of alkyl halides is 1. The minimum Gasteiger partial charge on any atom is -0.220 e. The van der Waals surface area contributed by atoms with Crippen molar-refractivity contribution >= 4 is 15.9 Å². The second kappa shape index (κ2) is 4.78. The predicted molar refractivity (Wildman–Crippen MR) is 68.1 cm³/mol. The molecule has 0 saturated carbocycles. The van der Waals surface area contributed by atoms with Crippen molar-refractivity contribution in [2.45, 2.75) is 25.1 Å². The molecule has 0 amide bonds. The van der Waals surface area contributed by atoms with Crippen molar-refractivity contribution in [1.29, 1.82) is 0 Å². The molecule has 0 radical (unpaired) electrons. The number of aromatic nitrogens is 3. The molecule has 0 spiro atoms. The Hall–Kier alpha value is -1.16. The molecule has 1 aromatic carbocycles. The van der Waals surface area contributed by atoms with E-state index < -0.39 is 0 Å². The zero-order valence-corrected chi connectivity index (χ0v) is 11.0. The van der Waals surface area contributed by atoms with Crippen molar-refractivity contribution in [3.63, 3.8) is 0 Å². The predicted octanol–water partition coefficient (Wildman–Crippen LogP) is 3.29. The molecule has 0 bridgehead atoms. The Bertz CT molecular complexity index is 477. The van der Waals surface area contributed by atoms with Gasteiger partial charge in [0, 0.05) is 5.33 Å². The third kappa shape index (κ3) is 2.32. The van der Waals surface area contributed by atoms with E-state index >= 15 is 0 Å². The Kier molecular flexibility index (Phi) is 3.39. The first-order valence-electron chi connectivity index (χ1n) is 5.28. The van der Waals surface area contributed by atoms with E-state index in [1.807, 2.05) is 16.9 Å². The van der Waals surface area contributed by atoms with Crippen molar-refractivity contribution in [2.75, 3.05) is 0 Å². The number of halogens is 1. The lowest BCUT2D eigenvalue weighted by molar-refractivity contribution is 0.793. The summed E-state index contributed by atoms with van der Waals surface area (Å²) in [6.45, 7) is 4.37. The van der Waals surface area contributed by atoms with Gasteiger partial charge in [0.1, 0.15) is 0 Å². The second-order valence-corrected chi connectivity index (χ2v) is 4.60. The number of rotatable bonds is 3. The van der Waals surface area contributed by atoms with Crippen molar-refractivity contribution in [3.8, 4) is 5.69 Å². The van der Waals surface area contributed by atoms with Crippen LogP contribution in [0.3, 0.4) is 0 Å². The fourth-order valence-corrected chi connectivity index (χ4v) is 1.77. The minimum absolute atomic E-state index is 0.527. The Morgan fingerprint density at radius 3 is 2.81 bits per heavy atom.